The second kappa shape index (κ2) is 8.17. The van der Waals surface area contributed by atoms with Gasteiger partial charge in [-0.3, -0.25) is 14.4 Å². The number of amides is 3. The highest BCUT2D eigenvalue weighted by molar-refractivity contribution is 5.97. The lowest BCUT2D eigenvalue weighted by atomic mass is 9.68. The number of likely N-dealkylation sites (tertiary alicyclic amines) is 1. The van der Waals surface area contributed by atoms with Crippen LogP contribution in [-0.4, -0.2) is 59.2 Å². The van der Waals surface area contributed by atoms with Crippen molar-refractivity contribution in [3.63, 3.8) is 0 Å². The number of nitrogens with zero attached hydrogens (tertiary/aromatic N) is 2. The van der Waals surface area contributed by atoms with Crippen LogP contribution in [0.4, 0.5) is 0 Å². The molecule has 31 heavy (non-hydrogen) atoms. The first-order valence-electron chi connectivity index (χ1n) is 10.9. The summed E-state index contributed by atoms with van der Waals surface area (Å²) in [6, 6.07) is 19.7. The Bertz CT molecular complexity index is 933. The number of nitrogens with one attached hydrogen (secondary N) is 1. The van der Waals surface area contributed by atoms with E-state index in [4.69, 9.17) is 0 Å². The van der Waals surface area contributed by atoms with Gasteiger partial charge in [0, 0.05) is 19.6 Å². The quantitative estimate of drug-likeness (QED) is 0.827. The number of hydrogen-bond acceptors (Lipinski definition) is 3. The highest BCUT2D eigenvalue weighted by Gasteiger charge is 2.48. The van der Waals surface area contributed by atoms with Gasteiger partial charge < -0.3 is 15.1 Å². The van der Waals surface area contributed by atoms with Crippen LogP contribution in [0.1, 0.15) is 37.8 Å². The van der Waals surface area contributed by atoms with Gasteiger partial charge in [0.1, 0.15) is 5.54 Å². The maximum absolute atomic E-state index is 14.0. The van der Waals surface area contributed by atoms with E-state index < -0.39 is 11.0 Å². The van der Waals surface area contributed by atoms with E-state index in [2.05, 4.69) is 5.32 Å². The lowest BCUT2D eigenvalue weighted by Crippen LogP contribution is -2.65. The van der Waals surface area contributed by atoms with Crippen molar-refractivity contribution in [2.24, 2.45) is 0 Å². The number of carbonyl (C=O) groups is 3. The molecule has 0 aliphatic carbocycles. The van der Waals surface area contributed by atoms with Gasteiger partial charge in [0.2, 0.25) is 17.7 Å². The first kappa shape index (κ1) is 21.1. The molecule has 6 nitrogen and oxygen atoms in total. The number of hydrogen-bond donors (Lipinski definition) is 1. The van der Waals surface area contributed by atoms with Gasteiger partial charge in [-0.05, 0) is 37.8 Å². The summed E-state index contributed by atoms with van der Waals surface area (Å²) in [6.07, 6.45) is 1.49. The van der Waals surface area contributed by atoms with Crippen LogP contribution in [0.3, 0.4) is 0 Å². The summed E-state index contributed by atoms with van der Waals surface area (Å²) in [7, 11) is 0. The van der Waals surface area contributed by atoms with E-state index in [0.29, 0.717) is 26.1 Å². The summed E-state index contributed by atoms with van der Waals surface area (Å²) in [5.41, 5.74) is 0.155. The maximum atomic E-state index is 14.0. The fourth-order valence-corrected chi connectivity index (χ4v) is 4.90. The molecule has 2 aliphatic rings. The van der Waals surface area contributed by atoms with Crippen molar-refractivity contribution in [2.45, 2.75) is 37.6 Å². The van der Waals surface area contributed by atoms with Crippen molar-refractivity contribution in [3.05, 3.63) is 71.8 Å². The highest BCUT2D eigenvalue weighted by Crippen LogP contribution is 2.41. The molecule has 2 heterocycles. The van der Waals surface area contributed by atoms with Crippen LogP contribution in [0.5, 0.6) is 0 Å². The molecule has 4 rings (SSSR count). The van der Waals surface area contributed by atoms with Crippen LogP contribution in [0, 0.1) is 0 Å². The van der Waals surface area contributed by atoms with Crippen LogP contribution in [-0.2, 0) is 19.8 Å². The topological polar surface area (TPSA) is 69.7 Å². The molecule has 3 amide bonds. The second-order valence-electron chi connectivity index (χ2n) is 8.83. The van der Waals surface area contributed by atoms with Gasteiger partial charge in [-0.25, -0.2) is 0 Å². The summed E-state index contributed by atoms with van der Waals surface area (Å²) < 4.78 is 0. The Hall–Kier alpha value is -3.15. The first-order chi connectivity index (χ1) is 14.9. The average Bonchev–Trinajstić information content (AvgIpc) is 2.78. The fourth-order valence-electron chi connectivity index (χ4n) is 4.90. The van der Waals surface area contributed by atoms with Gasteiger partial charge in [-0.2, -0.15) is 0 Å². The molecule has 0 atom stereocenters. The summed E-state index contributed by atoms with van der Waals surface area (Å²) in [5.74, 6) is -0.408. The van der Waals surface area contributed by atoms with E-state index in [1.165, 1.54) is 0 Å². The molecular formula is C25H29N3O3. The molecule has 2 saturated heterocycles. The molecule has 2 fully saturated rings. The molecule has 0 bridgehead atoms. The molecular weight excluding hydrogens is 390 g/mol. The lowest BCUT2D eigenvalue weighted by molar-refractivity contribution is -0.153. The van der Waals surface area contributed by atoms with E-state index in [9.17, 15) is 14.4 Å². The Balaban J connectivity index is 1.66. The van der Waals surface area contributed by atoms with Crippen LogP contribution in [0.25, 0.3) is 0 Å². The predicted octanol–water partition coefficient (Wildman–Crippen LogP) is 2.33. The standard InChI is InChI=1S/C25H29N3O3/c1-24(2)22(30)26-15-17-28(24)21(29)18-27-16-9-14-25(23(27)31,19-10-5-3-6-11-19)20-12-7-4-8-13-20/h3-8,10-13H,9,14-18H2,1-2H3,(H,26,30). The molecule has 0 aromatic heterocycles. The summed E-state index contributed by atoms with van der Waals surface area (Å²) in [5, 5.41) is 2.81. The third-order valence-electron chi connectivity index (χ3n) is 6.64. The Morgan fingerprint density at radius 1 is 0.935 bits per heavy atom. The van der Waals surface area contributed by atoms with Gasteiger partial charge >= 0.3 is 0 Å². The largest absolute Gasteiger partial charge is 0.352 e. The second-order valence-corrected chi connectivity index (χ2v) is 8.83. The first-order valence-corrected chi connectivity index (χ1v) is 10.9. The minimum absolute atomic E-state index is 0.0169. The van der Waals surface area contributed by atoms with E-state index in [1.807, 2.05) is 60.7 Å². The minimum atomic E-state index is -0.926. The molecule has 2 aliphatic heterocycles. The van der Waals surface area contributed by atoms with Crippen molar-refractivity contribution in [2.75, 3.05) is 26.2 Å². The molecule has 6 heteroatoms. The number of benzene rings is 2. The minimum Gasteiger partial charge on any atom is -0.352 e. The van der Waals surface area contributed by atoms with Crippen molar-refractivity contribution in [1.82, 2.24) is 15.1 Å². The van der Waals surface area contributed by atoms with Crippen LogP contribution >= 0.6 is 0 Å². The zero-order valence-corrected chi connectivity index (χ0v) is 18.1. The maximum Gasteiger partial charge on any atom is 0.245 e. The molecule has 2 aromatic carbocycles. The Morgan fingerprint density at radius 2 is 1.52 bits per heavy atom. The number of piperazine rings is 1. The van der Waals surface area contributed by atoms with E-state index in [0.717, 1.165) is 17.5 Å². The third-order valence-corrected chi connectivity index (χ3v) is 6.64. The molecule has 0 radical (unpaired) electrons. The fraction of sp³-hybridized carbons (Fsp3) is 0.400. The molecule has 2 aromatic rings. The van der Waals surface area contributed by atoms with Crippen LogP contribution in [0.15, 0.2) is 60.7 Å². The molecule has 0 spiro atoms. The molecule has 162 valence electrons. The van der Waals surface area contributed by atoms with Crippen molar-refractivity contribution >= 4 is 17.7 Å². The van der Waals surface area contributed by atoms with Crippen LogP contribution < -0.4 is 5.32 Å². The van der Waals surface area contributed by atoms with Crippen molar-refractivity contribution in [3.8, 4) is 0 Å². The smallest absolute Gasteiger partial charge is 0.245 e. The highest BCUT2D eigenvalue weighted by atomic mass is 16.2. The third kappa shape index (κ3) is 3.60. The Labute approximate surface area is 183 Å². The van der Waals surface area contributed by atoms with Gasteiger partial charge in [-0.1, -0.05) is 60.7 Å². The SMILES string of the molecule is CC1(C)C(=O)NCCN1C(=O)CN1CCCC(c2ccccc2)(c2ccccc2)C1=O. The van der Waals surface area contributed by atoms with E-state index in [1.54, 1.807) is 23.6 Å². The van der Waals surface area contributed by atoms with Gasteiger partial charge in [0.15, 0.2) is 0 Å². The summed E-state index contributed by atoms with van der Waals surface area (Å²) in [4.78, 5) is 42.7. The van der Waals surface area contributed by atoms with Crippen molar-refractivity contribution in [1.29, 1.82) is 0 Å². The number of rotatable bonds is 4. The van der Waals surface area contributed by atoms with Gasteiger partial charge in [0.25, 0.3) is 0 Å². The molecule has 0 unspecified atom stereocenters. The van der Waals surface area contributed by atoms with Gasteiger partial charge in [-0.15, -0.1) is 0 Å². The number of piperidine rings is 1. The Kier molecular flexibility index (Phi) is 5.56. The number of carbonyl (C=O) groups excluding carboxylic acids is 3. The normalized spacial score (nSPS) is 20.3. The summed E-state index contributed by atoms with van der Waals surface area (Å²) >= 11 is 0. The van der Waals surface area contributed by atoms with E-state index in [-0.39, 0.29) is 24.3 Å². The van der Waals surface area contributed by atoms with E-state index >= 15 is 0 Å². The lowest BCUT2D eigenvalue weighted by Gasteiger charge is -2.45. The molecule has 1 N–H and O–H groups in total. The Morgan fingerprint density at radius 3 is 2.10 bits per heavy atom. The predicted molar refractivity (Wildman–Crippen MR) is 118 cm³/mol. The van der Waals surface area contributed by atoms with Gasteiger partial charge in [0.05, 0.1) is 12.0 Å². The van der Waals surface area contributed by atoms with Crippen molar-refractivity contribution < 1.29 is 14.4 Å². The zero-order valence-electron chi connectivity index (χ0n) is 18.1. The van der Waals surface area contributed by atoms with Crippen LogP contribution in [0.2, 0.25) is 0 Å². The molecule has 0 saturated carbocycles. The average molecular weight is 420 g/mol. The monoisotopic (exact) mass is 419 g/mol. The summed E-state index contributed by atoms with van der Waals surface area (Å²) in [6.45, 7) is 4.89. The zero-order chi connectivity index (χ0) is 22.1.